The lowest BCUT2D eigenvalue weighted by molar-refractivity contribution is 0.399. The number of nitrogens with one attached hydrogen (secondary N) is 2. The van der Waals surface area contributed by atoms with Crippen LogP contribution < -0.4 is 10.1 Å². The van der Waals surface area contributed by atoms with Crippen molar-refractivity contribution in [1.82, 2.24) is 20.3 Å². The van der Waals surface area contributed by atoms with Gasteiger partial charge in [0.2, 0.25) is 5.88 Å². The minimum Gasteiger partial charge on any atom is -0.481 e. The van der Waals surface area contributed by atoms with Crippen molar-refractivity contribution in [2.24, 2.45) is 0 Å². The summed E-state index contributed by atoms with van der Waals surface area (Å²) in [6.45, 7) is 1.07. The minimum absolute atomic E-state index is 0.327. The Morgan fingerprint density at radius 3 is 3.06 bits per heavy atom. The van der Waals surface area contributed by atoms with E-state index in [1.807, 2.05) is 12.1 Å². The largest absolute Gasteiger partial charge is 0.481 e. The maximum atomic E-state index is 5.12. The molecule has 1 fully saturated rings. The topological polar surface area (TPSA) is 62.8 Å². The average Bonchev–Trinajstić information content (AvgIpc) is 2.63. The molecule has 18 heavy (non-hydrogen) atoms. The van der Waals surface area contributed by atoms with Gasteiger partial charge in [-0.3, -0.25) is 0 Å². The van der Waals surface area contributed by atoms with Crippen LogP contribution in [-0.2, 0) is 0 Å². The van der Waals surface area contributed by atoms with E-state index in [1.54, 1.807) is 7.11 Å². The van der Waals surface area contributed by atoms with E-state index in [1.165, 1.54) is 19.3 Å². The molecule has 1 aliphatic heterocycles. The van der Waals surface area contributed by atoms with Crippen molar-refractivity contribution in [1.29, 1.82) is 0 Å². The summed E-state index contributed by atoms with van der Waals surface area (Å²) in [5, 5.41) is 3.53. The highest BCUT2D eigenvalue weighted by molar-refractivity contribution is 5.71. The summed E-state index contributed by atoms with van der Waals surface area (Å²) in [6, 6.07) is 4.15. The number of imidazole rings is 1. The first-order valence-corrected chi connectivity index (χ1v) is 6.51. The monoisotopic (exact) mass is 246 g/mol. The van der Waals surface area contributed by atoms with Crippen LogP contribution in [0.5, 0.6) is 5.88 Å². The first-order valence-electron chi connectivity index (χ1n) is 6.51. The van der Waals surface area contributed by atoms with Crippen LogP contribution in [0.15, 0.2) is 12.1 Å². The van der Waals surface area contributed by atoms with Crippen molar-refractivity contribution in [3.63, 3.8) is 0 Å². The number of H-pyrrole nitrogens is 1. The third-order valence-electron chi connectivity index (χ3n) is 3.44. The molecule has 2 aromatic heterocycles. The molecule has 0 spiro atoms. The predicted molar refractivity (Wildman–Crippen MR) is 69.7 cm³/mol. The van der Waals surface area contributed by atoms with E-state index < -0.39 is 0 Å². The van der Waals surface area contributed by atoms with Gasteiger partial charge in [0.15, 0.2) is 5.65 Å². The number of nitrogens with zero attached hydrogens (tertiary/aromatic N) is 2. The zero-order valence-electron chi connectivity index (χ0n) is 10.6. The number of hydrogen-bond acceptors (Lipinski definition) is 4. The van der Waals surface area contributed by atoms with Crippen LogP contribution in [0, 0.1) is 0 Å². The van der Waals surface area contributed by atoms with Crippen molar-refractivity contribution >= 4 is 11.2 Å². The van der Waals surface area contributed by atoms with Gasteiger partial charge in [-0.25, -0.2) is 4.98 Å². The Morgan fingerprint density at radius 2 is 2.17 bits per heavy atom. The van der Waals surface area contributed by atoms with E-state index in [2.05, 4.69) is 20.3 Å². The lowest BCUT2D eigenvalue weighted by atomic mass is 10.1. The first kappa shape index (κ1) is 11.5. The van der Waals surface area contributed by atoms with Crippen molar-refractivity contribution < 1.29 is 4.74 Å². The number of fused-ring (bicyclic) bond motifs is 1. The Labute approximate surface area is 106 Å². The number of pyridine rings is 1. The molecule has 0 aromatic carbocycles. The Morgan fingerprint density at radius 1 is 1.22 bits per heavy atom. The second kappa shape index (κ2) is 4.94. The zero-order chi connectivity index (χ0) is 12.4. The molecule has 0 aliphatic carbocycles. The summed E-state index contributed by atoms with van der Waals surface area (Å²) in [5.41, 5.74) is 1.70. The van der Waals surface area contributed by atoms with Crippen molar-refractivity contribution in [2.75, 3.05) is 13.7 Å². The van der Waals surface area contributed by atoms with Gasteiger partial charge in [0.1, 0.15) is 5.82 Å². The van der Waals surface area contributed by atoms with Crippen LogP contribution in [-0.4, -0.2) is 28.6 Å². The van der Waals surface area contributed by atoms with Crippen LogP contribution in [0.25, 0.3) is 11.2 Å². The van der Waals surface area contributed by atoms with Crippen molar-refractivity contribution in [3.05, 3.63) is 18.0 Å². The van der Waals surface area contributed by atoms with Gasteiger partial charge >= 0.3 is 0 Å². The number of rotatable bonds is 2. The molecule has 0 bridgehead atoms. The molecule has 1 unspecified atom stereocenters. The Kier molecular flexibility index (Phi) is 3.15. The fourth-order valence-corrected chi connectivity index (χ4v) is 2.43. The summed E-state index contributed by atoms with van der Waals surface area (Å²) in [6.07, 6.45) is 4.95. The minimum atomic E-state index is 0.327. The molecule has 1 aliphatic rings. The Hall–Kier alpha value is -1.62. The second-order valence-electron chi connectivity index (χ2n) is 4.70. The van der Waals surface area contributed by atoms with Gasteiger partial charge < -0.3 is 15.0 Å². The lowest BCUT2D eigenvalue weighted by Gasteiger charge is -2.11. The van der Waals surface area contributed by atoms with Crippen LogP contribution in [0.3, 0.4) is 0 Å². The van der Waals surface area contributed by atoms with Gasteiger partial charge in [0.25, 0.3) is 0 Å². The number of aromatic nitrogens is 3. The smallest absolute Gasteiger partial charge is 0.215 e. The highest BCUT2D eigenvalue weighted by Gasteiger charge is 2.17. The van der Waals surface area contributed by atoms with Gasteiger partial charge in [0, 0.05) is 6.07 Å². The number of methoxy groups -OCH3 is 1. The van der Waals surface area contributed by atoms with E-state index >= 15 is 0 Å². The van der Waals surface area contributed by atoms with E-state index in [-0.39, 0.29) is 0 Å². The summed E-state index contributed by atoms with van der Waals surface area (Å²) >= 11 is 0. The lowest BCUT2D eigenvalue weighted by Crippen LogP contribution is -2.21. The van der Waals surface area contributed by atoms with Gasteiger partial charge in [-0.05, 0) is 25.5 Å². The highest BCUT2D eigenvalue weighted by Crippen LogP contribution is 2.23. The number of ether oxygens (including phenoxy) is 1. The summed E-state index contributed by atoms with van der Waals surface area (Å²) in [4.78, 5) is 12.3. The molecular formula is C13H18N4O. The molecule has 0 radical (unpaired) electrons. The molecule has 3 heterocycles. The number of aromatic amines is 1. The van der Waals surface area contributed by atoms with Gasteiger partial charge in [-0.15, -0.1) is 0 Å². The standard InChI is InChI=1S/C13H18N4O/c1-18-11-7-6-10-13(16-11)17-12(15-10)9-5-3-2-4-8-14-9/h6-7,9,14H,2-5,8H2,1H3,(H,15,16,17). The highest BCUT2D eigenvalue weighted by atomic mass is 16.5. The van der Waals surface area contributed by atoms with E-state index in [0.29, 0.717) is 11.9 Å². The van der Waals surface area contributed by atoms with E-state index in [9.17, 15) is 0 Å². The predicted octanol–water partition coefficient (Wildman–Crippen LogP) is 2.17. The average molecular weight is 246 g/mol. The zero-order valence-corrected chi connectivity index (χ0v) is 10.6. The van der Waals surface area contributed by atoms with Crippen molar-refractivity contribution in [3.8, 4) is 5.88 Å². The third kappa shape index (κ3) is 2.18. The number of hydrogen-bond donors (Lipinski definition) is 2. The molecule has 0 saturated carbocycles. The molecule has 96 valence electrons. The van der Waals surface area contributed by atoms with E-state index in [0.717, 1.165) is 30.0 Å². The summed E-state index contributed by atoms with van der Waals surface area (Å²) < 4.78 is 5.12. The summed E-state index contributed by atoms with van der Waals surface area (Å²) in [5.74, 6) is 1.60. The molecular weight excluding hydrogens is 228 g/mol. The molecule has 0 amide bonds. The maximum Gasteiger partial charge on any atom is 0.215 e. The Bertz CT molecular complexity index is 529. The van der Waals surface area contributed by atoms with Crippen LogP contribution in [0.1, 0.15) is 37.5 Å². The van der Waals surface area contributed by atoms with E-state index in [4.69, 9.17) is 4.74 Å². The SMILES string of the molecule is COc1ccc2[nH]c(C3CCCCCN3)nc2n1. The Balaban J connectivity index is 1.91. The van der Waals surface area contributed by atoms with Gasteiger partial charge in [-0.2, -0.15) is 4.98 Å². The normalized spacial score (nSPS) is 20.8. The third-order valence-corrected chi connectivity index (χ3v) is 3.44. The molecule has 2 N–H and O–H groups in total. The van der Waals surface area contributed by atoms with Gasteiger partial charge in [-0.1, -0.05) is 12.8 Å². The van der Waals surface area contributed by atoms with Crippen LogP contribution in [0.2, 0.25) is 0 Å². The fourth-order valence-electron chi connectivity index (χ4n) is 2.43. The molecule has 1 atom stereocenters. The quantitative estimate of drug-likeness (QED) is 0.852. The van der Waals surface area contributed by atoms with Crippen LogP contribution >= 0.6 is 0 Å². The molecule has 5 nitrogen and oxygen atoms in total. The first-order chi connectivity index (χ1) is 8.86. The fraction of sp³-hybridized carbons (Fsp3) is 0.538. The second-order valence-corrected chi connectivity index (χ2v) is 4.70. The summed E-state index contributed by atoms with van der Waals surface area (Å²) in [7, 11) is 1.62. The van der Waals surface area contributed by atoms with Gasteiger partial charge in [0.05, 0.1) is 18.7 Å². The maximum absolute atomic E-state index is 5.12. The molecule has 1 saturated heterocycles. The molecule has 5 heteroatoms. The van der Waals surface area contributed by atoms with Crippen molar-refractivity contribution in [2.45, 2.75) is 31.7 Å². The van der Waals surface area contributed by atoms with Crippen LogP contribution in [0.4, 0.5) is 0 Å². The molecule has 3 rings (SSSR count). The molecule has 2 aromatic rings.